The van der Waals surface area contributed by atoms with E-state index in [1.165, 1.54) is 0 Å². The molecule has 0 unspecified atom stereocenters. The fourth-order valence-corrected chi connectivity index (χ4v) is 2.35. The van der Waals surface area contributed by atoms with Gasteiger partial charge < -0.3 is 16.2 Å². The predicted molar refractivity (Wildman–Crippen MR) is 81.4 cm³/mol. The van der Waals surface area contributed by atoms with E-state index in [-0.39, 0.29) is 5.97 Å². The SMILES string of the molecule is CCCSc1c(N)cc(C(=O)OCC(C)C)cc1N. The summed E-state index contributed by atoms with van der Waals surface area (Å²) in [5, 5.41) is 0. The topological polar surface area (TPSA) is 78.3 Å². The second-order valence-electron chi connectivity index (χ2n) is 4.82. The van der Waals surface area contributed by atoms with Crippen LogP contribution in [0.3, 0.4) is 0 Å². The molecule has 0 saturated heterocycles. The van der Waals surface area contributed by atoms with Gasteiger partial charge in [-0.05, 0) is 30.2 Å². The number of nitrogens with two attached hydrogens (primary N) is 2. The Morgan fingerprint density at radius 1 is 1.32 bits per heavy atom. The summed E-state index contributed by atoms with van der Waals surface area (Å²) < 4.78 is 5.16. The first-order valence-electron chi connectivity index (χ1n) is 6.44. The number of benzene rings is 1. The number of rotatable bonds is 6. The van der Waals surface area contributed by atoms with E-state index in [1.807, 2.05) is 13.8 Å². The molecule has 1 aromatic rings. The number of hydrogen-bond acceptors (Lipinski definition) is 5. The van der Waals surface area contributed by atoms with Gasteiger partial charge in [0.25, 0.3) is 0 Å². The Hall–Kier alpha value is -1.36. The van der Waals surface area contributed by atoms with Crippen LogP contribution in [0.4, 0.5) is 11.4 Å². The number of carbonyl (C=O) groups excluding carboxylic acids is 1. The van der Waals surface area contributed by atoms with Gasteiger partial charge in [0.2, 0.25) is 0 Å². The van der Waals surface area contributed by atoms with E-state index in [9.17, 15) is 4.79 Å². The molecule has 0 fully saturated rings. The molecule has 4 nitrogen and oxygen atoms in total. The Balaban J connectivity index is 2.84. The highest BCUT2D eigenvalue weighted by molar-refractivity contribution is 7.99. The van der Waals surface area contributed by atoms with Crippen molar-refractivity contribution < 1.29 is 9.53 Å². The number of ether oxygens (including phenoxy) is 1. The van der Waals surface area contributed by atoms with Gasteiger partial charge >= 0.3 is 5.97 Å². The molecule has 1 aromatic carbocycles. The zero-order valence-electron chi connectivity index (χ0n) is 11.7. The van der Waals surface area contributed by atoms with Gasteiger partial charge in [0.15, 0.2) is 0 Å². The first kappa shape index (κ1) is 15.7. The summed E-state index contributed by atoms with van der Waals surface area (Å²) in [7, 11) is 0. The molecule has 19 heavy (non-hydrogen) atoms. The lowest BCUT2D eigenvalue weighted by atomic mass is 10.1. The van der Waals surface area contributed by atoms with Crippen molar-refractivity contribution in [2.45, 2.75) is 32.1 Å². The highest BCUT2D eigenvalue weighted by Gasteiger charge is 2.13. The minimum atomic E-state index is -0.376. The molecular formula is C14H22N2O2S. The maximum absolute atomic E-state index is 11.8. The first-order chi connectivity index (χ1) is 8.95. The van der Waals surface area contributed by atoms with Crippen molar-refractivity contribution in [3.05, 3.63) is 17.7 Å². The molecule has 0 aliphatic heterocycles. The Labute approximate surface area is 118 Å². The molecule has 0 heterocycles. The lowest BCUT2D eigenvalue weighted by Crippen LogP contribution is -2.11. The van der Waals surface area contributed by atoms with E-state index in [0.29, 0.717) is 29.5 Å². The summed E-state index contributed by atoms with van der Waals surface area (Å²) in [6.45, 7) is 6.46. The molecular weight excluding hydrogens is 260 g/mol. The van der Waals surface area contributed by atoms with Crippen LogP contribution in [0.25, 0.3) is 0 Å². The maximum Gasteiger partial charge on any atom is 0.338 e. The molecule has 4 N–H and O–H groups in total. The average Bonchev–Trinajstić information content (AvgIpc) is 2.34. The molecule has 0 bridgehead atoms. The van der Waals surface area contributed by atoms with Crippen LogP contribution < -0.4 is 11.5 Å². The normalized spacial score (nSPS) is 10.7. The number of anilines is 2. The third-order valence-corrected chi connectivity index (χ3v) is 3.75. The van der Waals surface area contributed by atoms with Crippen LogP contribution in [-0.2, 0) is 4.74 Å². The van der Waals surface area contributed by atoms with Crippen LogP contribution in [0.2, 0.25) is 0 Å². The predicted octanol–water partition coefficient (Wildman–Crippen LogP) is 3.17. The molecule has 0 atom stereocenters. The molecule has 1 rings (SSSR count). The zero-order valence-corrected chi connectivity index (χ0v) is 12.5. The van der Waals surface area contributed by atoms with Crippen LogP contribution in [0.1, 0.15) is 37.6 Å². The third kappa shape index (κ3) is 4.67. The van der Waals surface area contributed by atoms with Gasteiger partial charge in [-0.1, -0.05) is 20.8 Å². The first-order valence-corrected chi connectivity index (χ1v) is 7.43. The highest BCUT2D eigenvalue weighted by Crippen LogP contribution is 2.32. The maximum atomic E-state index is 11.8. The summed E-state index contributed by atoms with van der Waals surface area (Å²) in [6.07, 6.45) is 1.04. The number of nitrogen functional groups attached to an aromatic ring is 2. The van der Waals surface area contributed by atoms with Crippen molar-refractivity contribution in [1.82, 2.24) is 0 Å². The summed E-state index contributed by atoms with van der Waals surface area (Å²) in [5.41, 5.74) is 13.4. The largest absolute Gasteiger partial charge is 0.462 e. The minimum absolute atomic E-state index is 0.304. The van der Waals surface area contributed by atoms with Gasteiger partial charge in [0, 0.05) is 11.4 Å². The van der Waals surface area contributed by atoms with E-state index < -0.39 is 0 Å². The second-order valence-corrected chi connectivity index (χ2v) is 5.93. The molecule has 0 radical (unpaired) electrons. The zero-order chi connectivity index (χ0) is 14.4. The molecule has 106 valence electrons. The van der Waals surface area contributed by atoms with Crippen molar-refractivity contribution >= 4 is 29.1 Å². The average molecular weight is 282 g/mol. The van der Waals surface area contributed by atoms with Gasteiger partial charge in [-0.15, -0.1) is 11.8 Å². The van der Waals surface area contributed by atoms with Crippen molar-refractivity contribution in [2.24, 2.45) is 5.92 Å². The Morgan fingerprint density at radius 3 is 2.37 bits per heavy atom. The number of thioether (sulfide) groups is 1. The summed E-state index contributed by atoms with van der Waals surface area (Å²) >= 11 is 1.61. The molecule has 5 heteroatoms. The Morgan fingerprint density at radius 2 is 1.89 bits per heavy atom. The lowest BCUT2D eigenvalue weighted by molar-refractivity contribution is 0.0459. The van der Waals surface area contributed by atoms with Gasteiger partial charge in [-0.25, -0.2) is 4.79 Å². The smallest absolute Gasteiger partial charge is 0.338 e. The van der Waals surface area contributed by atoms with E-state index in [1.54, 1.807) is 23.9 Å². The Kier molecular flexibility index (Phi) is 6.02. The second kappa shape index (κ2) is 7.28. The van der Waals surface area contributed by atoms with Crippen LogP contribution >= 0.6 is 11.8 Å². The van der Waals surface area contributed by atoms with E-state index in [0.717, 1.165) is 17.1 Å². The fraction of sp³-hybridized carbons (Fsp3) is 0.500. The van der Waals surface area contributed by atoms with Crippen molar-refractivity contribution in [3.63, 3.8) is 0 Å². The minimum Gasteiger partial charge on any atom is -0.462 e. The standard InChI is InChI=1S/C14H22N2O2S/c1-4-5-19-13-11(15)6-10(7-12(13)16)14(17)18-8-9(2)3/h6-7,9H,4-5,8,15-16H2,1-3H3. The quantitative estimate of drug-likeness (QED) is 0.476. The van der Waals surface area contributed by atoms with E-state index >= 15 is 0 Å². The van der Waals surface area contributed by atoms with Crippen LogP contribution in [0.5, 0.6) is 0 Å². The molecule has 0 aromatic heterocycles. The van der Waals surface area contributed by atoms with Gasteiger partial charge in [-0.3, -0.25) is 0 Å². The van der Waals surface area contributed by atoms with Crippen LogP contribution in [0, 0.1) is 5.92 Å². The Bertz CT molecular complexity index is 424. The third-order valence-electron chi connectivity index (χ3n) is 2.38. The van der Waals surface area contributed by atoms with Crippen molar-refractivity contribution in [1.29, 1.82) is 0 Å². The monoisotopic (exact) mass is 282 g/mol. The molecule has 0 spiro atoms. The van der Waals surface area contributed by atoms with E-state index in [4.69, 9.17) is 16.2 Å². The number of esters is 1. The molecule has 0 amide bonds. The van der Waals surface area contributed by atoms with Crippen LogP contribution in [0.15, 0.2) is 17.0 Å². The summed E-state index contributed by atoms with van der Waals surface area (Å²) in [4.78, 5) is 12.7. The molecule has 0 aliphatic rings. The number of carbonyl (C=O) groups is 1. The number of hydrogen-bond donors (Lipinski definition) is 2. The van der Waals surface area contributed by atoms with Crippen molar-refractivity contribution in [2.75, 3.05) is 23.8 Å². The fourth-order valence-electron chi connectivity index (χ4n) is 1.49. The molecule has 0 aliphatic carbocycles. The van der Waals surface area contributed by atoms with Crippen LogP contribution in [-0.4, -0.2) is 18.3 Å². The van der Waals surface area contributed by atoms with Gasteiger partial charge in [0.05, 0.1) is 17.1 Å². The summed E-state index contributed by atoms with van der Waals surface area (Å²) in [5.74, 6) is 0.878. The van der Waals surface area contributed by atoms with Gasteiger partial charge in [0.1, 0.15) is 0 Å². The lowest BCUT2D eigenvalue weighted by Gasteiger charge is -2.12. The highest BCUT2D eigenvalue weighted by atomic mass is 32.2. The molecule has 0 saturated carbocycles. The van der Waals surface area contributed by atoms with E-state index in [2.05, 4.69) is 6.92 Å². The summed E-state index contributed by atoms with van der Waals surface area (Å²) in [6, 6.07) is 3.27. The van der Waals surface area contributed by atoms with Crippen molar-refractivity contribution in [3.8, 4) is 0 Å². The van der Waals surface area contributed by atoms with Gasteiger partial charge in [-0.2, -0.15) is 0 Å².